The Morgan fingerprint density at radius 2 is 1.67 bits per heavy atom. The zero-order chi connectivity index (χ0) is 25.7. The molecular weight excluding hydrogens is 484 g/mol. The number of nitrogens with zero attached hydrogens (tertiary/aromatic N) is 3. The zero-order valence-corrected chi connectivity index (χ0v) is 20.4. The van der Waals surface area contributed by atoms with Crippen molar-refractivity contribution in [1.82, 2.24) is 14.1 Å². The number of esters is 1. The molecule has 9 nitrogen and oxygen atoms in total. The van der Waals surface area contributed by atoms with Gasteiger partial charge in [0.15, 0.2) is 0 Å². The Hall–Kier alpha value is -4.37. The van der Waals surface area contributed by atoms with Gasteiger partial charge in [0.2, 0.25) is 0 Å². The van der Waals surface area contributed by atoms with Gasteiger partial charge in [-0.2, -0.15) is 0 Å². The van der Waals surface area contributed by atoms with Gasteiger partial charge in [-0.3, -0.25) is 13.9 Å². The highest BCUT2D eigenvalue weighted by Gasteiger charge is 2.13. The molecule has 0 amide bonds. The van der Waals surface area contributed by atoms with Gasteiger partial charge < -0.3 is 14.8 Å². The third-order valence-corrected chi connectivity index (χ3v) is 5.60. The van der Waals surface area contributed by atoms with Gasteiger partial charge in [0, 0.05) is 17.6 Å². The van der Waals surface area contributed by atoms with Gasteiger partial charge in [-0.1, -0.05) is 23.7 Å². The predicted molar refractivity (Wildman–Crippen MR) is 137 cm³/mol. The molecular formula is C26H23ClN4O5. The maximum absolute atomic E-state index is 13.0. The fourth-order valence-electron chi connectivity index (χ4n) is 3.49. The Morgan fingerprint density at radius 1 is 0.972 bits per heavy atom. The molecule has 0 aliphatic rings. The lowest BCUT2D eigenvalue weighted by atomic mass is 10.2. The van der Waals surface area contributed by atoms with Crippen LogP contribution in [0, 0.1) is 0 Å². The molecule has 0 radical (unpaired) electrons. The van der Waals surface area contributed by atoms with Gasteiger partial charge in [-0.15, -0.1) is 0 Å². The number of aromatic nitrogens is 3. The first-order valence-corrected chi connectivity index (χ1v) is 11.4. The van der Waals surface area contributed by atoms with Crippen LogP contribution in [-0.2, 0) is 17.8 Å². The van der Waals surface area contributed by atoms with Gasteiger partial charge >= 0.3 is 11.7 Å². The summed E-state index contributed by atoms with van der Waals surface area (Å²) in [4.78, 5) is 41.4. The van der Waals surface area contributed by atoms with Crippen molar-refractivity contribution in [3.05, 3.63) is 110 Å². The lowest BCUT2D eigenvalue weighted by molar-refractivity contribution is 0.0600. The van der Waals surface area contributed by atoms with E-state index in [4.69, 9.17) is 16.3 Å². The van der Waals surface area contributed by atoms with Gasteiger partial charge in [0.1, 0.15) is 23.1 Å². The van der Waals surface area contributed by atoms with E-state index in [9.17, 15) is 14.4 Å². The summed E-state index contributed by atoms with van der Waals surface area (Å²) in [5.74, 6) is 1.28. The number of carbonyl (C=O) groups excluding carboxylic acids is 1. The molecule has 0 bridgehead atoms. The number of hydrogen-bond donors (Lipinski definition) is 1. The molecule has 2 aromatic heterocycles. The highest BCUT2D eigenvalue weighted by Crippen LogP contribution is 2.23. The Labute approximate surface area is 211 Å². The molecule has 0 unspecified atom stereocenters. The van der Waals surface area contributed by atoms with Crippen LogP contribution in [0.15, 0.2) is 82.5 Å². The maximum atomic E-state index is 13.0. The van der Waals surface area contributed by atoms with Crippen LogP contribution in [0.2, 0.25) is 5.02 Å². The van der Waals surface area contributed by atoms with Crippen LogP contribution in [0.3, 0.4) is 0 Å². The second-order valence-electron chi connectivity index (χ2n) is 7.73. The number of anilines is 2. The van der Waals surface area contributed by atoms with Crippen LogP contribution in [0.25, 0.3) is 0 Å². The van der Waals surface area contributed by atoms with E-state index in [2.05, 4.69) is 15.0 Å². The molecule has 0 aliphatic carbocycles. The molecule has 36 heavy (non-hydrogen) atoms. The minimum absolute atomic E-state index is 0.237. The molecule has 0 atom stereocenters. The number of halogens is 1. The SMILES string of the molecule is CCn1c(=O)cc(Nc2ccc(Oc3ccc(C(=O)OC)cc3)cn2)n(Cc2ccc(Cl)cc2)c1=O. The van der Waals surface area contributed by atoms with Crippen molar-refractivity contribution in [1.29, 1.82) is 0 Å². The molecule has 0 saturated carbocycles. The summed E-state index contributed by atoms with van der Waals surface area (Å²) in [5, 5.41) is 3.65. The molecule has 0 aliphatic heterocycles. The van der Waals surface area contributed by atoms with Crippen LogP contribution in [0.5, 0.6) is 11.5 Å². The van der Waals surface area contributed by atoms with E-state index in [1.807, 2.05) is 12.1 Å². The van der Waals surface area contributed by atoms with Gasteiger partial charge in [-0.25, -0.2) is 14.6 Å². The Morgan fingerprint density at radius 3 is 2.28 bits per heavy atom. The first-order chi connectivity index (χ1) is 17.4. The number of nitrogens with one attached hydrogen (secondary N) is 1. The zero-order valence-electron chi connectivity index (χ0n) is 19.6. The summed E-state index contributed by atoms with van der Waals surface area (Å²) in [6, 6.07) is 18.4. The second-order valence-corrected chi connectivity index (χ2v) is 8.17. The predicted octanol–water partition coefficient (Wildman–Crippen LogP) is 4.45. The number of methoxy groups -OCH3 is 1. The van der Waals surface area contributed by atoms with Crippen molar-refractivity contribution < 1.29 is 14.3 Å². The molecule has 4 aromatic rings. The van der Waals surface area contributed by atoms with E-state index in [0.29, 0.717) is 33.7 Å². The monoisotopic (exact) mass is 506 g/mol. The molecule has 2 aromatic carbocycles. The van der Waals surface area contributed by atoms with Crippen LogP contribution in [0.1, 0.15) is 22.8 Å². The van der Waals surface area contributed by atoms with Crippen LogP contribution >= 0.6 is 11.6 Å². The molecule has 184 valence electrons. The number of carbonyl (C=O) groups is 1. The first-order valence-electron chi connectivity index (χ1n) is 11.1. The van der Waals surface area contributed by atoms with E-state index in [-0.39, 0.29) is 13.1 Å². The van der Waals surface area contributed by atoms with Crippen molar-refractivity contribution in [2.24, 2.45) is 0 Å². The fraction of sp³-hybridized carbons (Fsp3) is 0.154. The normalized spacial score (nSPS) is 10.6. The molecule has 4 rings (SSSR count). The lowest BCUT2D eigenvalue weighted by Crippen LogP contribution is -2.40. The van der Waals surface area contributed by atoms with E-state index >= 15 is 0 Å². The average Bonchev–Trinajstić information content (AvgIpc) is 2.89. The third kappa shape index (κ3) is 5.64. The Kier molecular flexibility index (Phi) is 7.50. The minimum Gasteiger partial charge on any atom is -0.465 e. The summed E-state index contributed by atoms with van der Waals surface area (Å²) >= 11 is 5.98. The molecule has 0 spiro atoms. The fourth-order valence-corrected chi connectivity index (χ4v) is 3.62. The number of rotatable bonds is 8. The number of pyridine rings is 1. The number of ether oxygens (including phenoxy) is 2. The molecule has 1 N–H and O–H groups in total. The van der Waals surface area contributed by atoms with Crippen molar-refractivity contribution in [2.75, 3.05) is 12.4 Å². The van der Waals surface area contributed by atoms with Gasteiger partial charge in [0.25, 0.3) is 5.56 Å². The topological polar surface area (TPSA) is 104 Å². The van der Waals surface area contributed by atoms with Crippen LogP contribution in [-0.4, -0.2) is 27.2 Å². The van der Waals surface area contributed by atoms with Crippen molar-refractivity contribution >= 4 is 29.2 Å². The maximum Gasteiger partial charge on any atom is 0.337 e. The molecule has 10 heteroatoms. The highest BCUT2D eigenvalue weighted by atomic mass is 35.5. The molecule has 2 heterocycles. The average molecular weight is 507 g/mol. The minimum atomic E-state index is -0.433. The van der Waals surface area contributed by atoms with Gasteiger partial charge in [0.05, 0.1) is 25.4 Å². The highest BCUT2D eigenvalue weighted by molar-refractivity contribution is 6.30. The van der Waals surface area contributed by atoms with E-state index in [0.717, 1.165) is 10.1 Å². The van der Waals surface area contributed by atoms with E-state index in [1.54, 1.807) is 55.5 Å². The molecule has 0 saturated heterocycles. The summed E-state index contributed by atoms with van der Waals surface area (Å²) in [5.41, 5.74) is 0.420. The van der Waals surface area contributed by atoms with Crippen LogP contribution in [0.4, 0.5) is 11.6 Å². The van der Waals surface area contributed by atoms with Crippen molar-refractivity contribution in [3.63, 3.8) is 0 Å². The summed E-state index contributed by atoms with van der Waals surface area (Å²) in [6.45, 7) is 2.23. The smallest absolute Gasteiger partial charge is 0.337 e. The Bertz CT molecular complexity index is 1480. The summed E-state index contributed by atoms with van der Waals surface area (Å²) in [6.07, 6.45) is 1.51. The van der Waals surface area contributed by atoms with E-state index < -0.39 is 17.2 Å². The first kappa shape index (κ1) is 24.7. The van der Waals surface area contributed by atoms with Crippen molar-refractivity contribution in [2.45, 2.75) is 20.0 Å². The van der Waals surface area contributed by atoms with Crippen LogP contribution < -0.4 is 21.3 Å². The Balaban J connectivity index is 1.56. The standard InChI is InChI=1S/C26H23ClN4O5/c1-3-30-24(32)14-23(31(26(30)34)16-17-4-8-19(27)9-5-17)29-22-13-12-21(15-28-22)36-20-10-6-18(7-11-20)25(33)35-2/h4-15H,3,16H2,1-2H3,(H,28,29). The van der Waals surface area contributed by atoms with E-state index in [1.165, 1.54) is 23.9 Å². The summed E-state index contributed by atoms with van der Waals surface area (Å²) in [7, 11) is 1.32. The van der Waals surface area contributed by atoms with Gasteiger partial charge in [-0.05, 0) is 61.0 Å². The number of hydrogen-bond acceptors (Lipinski definition) is 7. The third-order valence-electron chi connectivity index (χ3n) is 5.35. The summed E-state index contributed by atoms with van der Waals surface area (Å²) < 4.78 is 13.1. The molecule has 0 fully saturated rings. The lowest BCUT2D eigenvalue weighted by Gasteiger charge is -2.16. The quantitative estimate of drug-likeness (QED) is 0.352. The van der Waals surface area contributed by atoms with Crippen molar-refractivity contribution in [3.8, 4) is 11.5 Å². The second kappa shape index (κ2) is 10.9. The number of benzene rings is 2. The largest absolute Gasteiger partial charge is 0.465 e.